The minimum Gasteiger partial charge on any atom is -0.386 e. The fourth-order valence-corrected chi connectivity index (χ4v) is 2.37. The van der Waals surface area contributed by atoms with E-state index in [2.05, 4.69) is 4.98 Å². The van der Waals surface area contributed by atoms with Gasteiger partial charge >= 0.3 is 0 Å². The lowest BCUT2D eigenvalue weighted by molar-refractivity contribution is 0.0787. The summed E-state index contributed by atoms with van der Waals surface area (Å²) in [6.07, 6.45) is 0. The van der Waals surface area contributed by atoms with E-state index in [9.17, 15) is 9.50 Å². The van der Waals surface area contributed by atoms with E-state index in [1.807, 2.05) is 0 Å². The average molecular weight is 300 g/mol. The molecule has 2 rings (SSSR count). The molecule has 2 aromatic rings. The zero-order valence-corrected chi connectivity index (χ0v) is 11.9. The van der Waals surface area contributed by atoms with E-state index < -0.39 is 5.60 Å². The number of hydrogen-bond acceptors (Lipinski definition) is 2. The minimum atomic E-state index is -1.14. The Kier molecular flexibility index (Phi) is 3.81. The molecule has 19 heavy (non-hydrogen) atoms. The van der Waals surface area contributed by atoms with E-state index in [1.165, 1.54) is 18.2 Å². The number of aliphatic hydroxyl groups is 1. The Morgan fingerprint density at radius 2 is 1.74 bits per heavy atom. The Morgan fingerprint density at radius 3 is 2.26 bits per heavy atom. The van der Waals surface area contributed by atoms with Gasteiger partial charge in [0.1, 0.15) is 11.0 Å². The first-order valence-electron chi connectivity index (χ1n) is 5.64. The largest absolute Gasteiger partial charge is 0.386 e. The van der Waals surface area contributed by atoms with Gasteiger partial charge in [0.2, 0.25) is 0 Å². The van der Waals surface area contributed by atoms with E-state index >= 15 is 0 Å². The Balaban J connectivity index is 2.64. The minimum absolute atomic E-state index is 0.223. The van der Waals surface area contributed by atoms with Crippen LogP contribution in [0.4, 0.5) is 4.39 Å². The van der Waals surface area contributed by atoms with Gasteiger partial charge in [0, 0.05) is 11.1 Å². The molecular formula is C14H12Cl2FNO. The maximum absolute atomic E-state index is 12.9. The first-order chi connectivity index (χ1) is 8.79. The molecule has 1 aromatic carbocycles. The van der Waals surface area contributed by atoms with Crippen molar-refractivity contribution in [2.45, 2.75) is 19.4 Å². The molecule has 0 radical (unpaired) electrons. The van der Waals surface area contributed by atoms with E-state index in [1.54, 1.807) is 26.0 Å². The van der Waals surface area contributed by atoms with Gasteiger partial charge in [-0.15, -0.1) is 0 Å². The topological polar surface area (TPSA) is 33.1 Å². The molecule has 2 nitrogen and oxygen atoms in total. The quantitative estimate of drug-likeness (QED) is 0.833. The lowest BCUT2D eigenvalue weighted by Crippen LogP contribution is -2.17. The summed E-state index contributed by atoms with van der Waals surface area (Å²) in [7, 11) is 0. The number of benzene rings is 1. The maximum Gasteiger partial charge on any atom is 0.130 e. The molecule has 0 saturated carbocycles. The summed E-state index contributed by atoms with van der Waals surface area (Å²) in [5.74, 6) is -0.343. The molecule has 0 saturated heterocycles. The zero-order valence-electron chi connectivity index (χ0n) is 10.4. The summed E-state index contributed by atoms with van der Waals surface area (Å²) >= 11 is 12.2. The van der Waals surface area contributed by atoms with Crippen LogP contribution in [-0.4, -0.2) is 10.1 Å². The summed E-state index contributed by atoms with van der Waals surface area (Å²) in [6, 6.07) is 7.29. The number of hydrogen-bond donors (Lipinski definition) is 1. The molecule has 0 aliphatic carbocycles. The Morgan fingerprint density at radius 1 is 1.16 bits per heavy atom. The molecule has 0 bridgehead atoms. The number of rotatable bonds is 2. The van der Waals surface area contributed by atoms with E-state index in [0.29, 0.717) is 21.8 Å². The SMILES string of the molecule is CC(C)(O)c1cc(Cl)nc(-c2ccc(F)cc2)c1Cl. The fraction of sp³-hybridized carbons (Fsp3) is 0.214. The van der Waals surface area contributed by atoms with Crippen LogP contribution in [0.3, 0.4) is 0 Å². The number of aromatic nitrogens is 1. The highest BCUT2D eigenvalue weighted by Gasteiger charge is 2.23. The summed E-state index contributed by atoms with van der Waals surface area (Å²) in [5, 5.41) is 10.6. The molecule has 0 spiro atoms. The van der Waals surface area contributed by atoms with Gasteiger partial charge in [-0.25, -0.2) is 9.37 Å². The number of pyridine rings is 1. The summed E-state index contributed by atoms with van der Waals surface area (Å²) in [6.45, 7) is 3.22. The van der Waals surface area contributed by atoms with Gasteiger partial charge < -0.3 is 5.11 Å². The van der Waals surface area contributed by atoms with Crippen LogP contribution in [0.15, 0.2) is 30.3 Å². The third-order valence-electron chi connectivity index (χ3n) is 2.70. The zero-order chi connectivity index (χ0) is 14.2. The second kappa shape index (κ2) is 5.08. The molecule has 0 unspecified atom stereocenters. The molecule has 0 amide bonds. The molecule has 1 N–H and O–H groups in total. The first kappa shape index (κ1) is 14.3. The molecule has 100 valence electrons. The highest BCUT2D eigenvalue weighted by Crippen LogP contribution is 2.36. The van der Waals surface area contributed by atoms with Crippen molar-refractivity contribution < 1.29 is 9.50 Å². The lowest BCUT2D eigenvalue weighted by atomic mass is 9.97. The van der Waals surface area contributed by atoms with E-state index in [4.69, 9.17) is 23.2 Å². The molecule has 0 fully saturated rings. The van der Waals surface area contributed by atoms with Gasteiger partial charge in [-0.2, -0.15) is 0 Å². The van der Waals surface area contributed by atoms with Crippen molar-refractivity contribution in [1.82, 2.24) is 4.98 Å². The van der Waals surface area contributed by atoms with Crippen LogP contribution in [-0.2, 0) is 5.60 Å². The predicted octanol–water partition coefficient (Wildman–Crippen LogP) is 4.42. The molecule has 0 atom stereocenters. The van der Waals surface area contributed by atoms with Crippen molar-refractivity contribution in [3.63, 3.8) is 0 Å². The number of halogens is 3. The van der Waals surface area contributed by atoms with Crippen LogP contribution >= 0.6 is 23.2 Å². The third kappa shape index (κ3) is 3.06. The van der Waals surface area contributed by atoms with Crippen molar-refractivity contribution in [1.29, 1.82) is 0 Å². The Hall–Kier alpha value is -1.16. The van der Waals surface area contributed by atoms with Crippen molar-refractivity contribution in [3.05, 3.63) is 51.9 Å². The monoisotopic (exact) mass is 299 g/mol. The molecule has 0 aliphatic heterocycles. The molecule has 1 heterocycles. The van der Waals surface area contributed by atoms with Crippen LogP contribution in [0.25, 0.3) is 11.3 Å². The highest BCUT2D eigenvalue weighted by molar-refractivity contribution is 6.35. The van der Waals surface area contributed by atoms with Crippen LogP contribution in [0.5, 0.6) is 0 Å². The molecule has 0 aliphatic rings. The summed E-state index contributed by atoms with van der Waals surface area (Å²) < 4.78 is 12.9. The van der Waals surface area contributed by atoms with Gasteiger partial charge in [0.05, 0.1) is 16.3 Å². The summed E-state index contributed by atoms with van der Waals surface area (Å²) in [4.78, 5) is 4.15. The van der Waals surface area contributed by atoms with Crippen molar-refractivity contribution >= 4 is 23.2 Å². The predicted molar refractivity (Wildman–Crippen MR) is 74.9 cm³/mol. The average Bonchev–Trinajstić information content (AvgIpc) is 2.31. The van der Waals surface area contributed by atoms with Gasteiger partial charge in [-0.05, 0) is 44.2 Å². The molecule has 5 heteroatoms. The van der Waals surface area contributed by atoms with Crippen LogP contribution in [0.2, 0.25) is 10.2 Å². The van der Waals surface area contributed by atoms with Crippen molar-refractivity contribution in [2.75, 3.05) is 0 Å². The van der Waals surface area contributed by atoms with Crippen molar-refractivity contribution in [3.8, 4) is 11.3 Å². The van der Waals surface area contributed by atoms with Gasteiger partial charge in [0.25, 0.3) is 0 Å². The smallest absolute Gasteiger partial charge is 0.130 e. The second-order valence-corrected chi connectivity index (χ2v) is 5.49. The summed E-state index contributed by atoms with van der Waals surface area (Å²) in [5.41, 5.74) is 0.400. The van der Waals surface area contributed by atoms with E-state index in [-0.39, 0.29) is 11.0 Å². The third-order valence-corrected chi connectivity index (χ3v) is 3.28. The number of nitrogens with zero attached hydrogens (tertiary/aromatic N) is 1. The van der Waals surface area contributed by atoms with Crippen LogP contribution in [0, 0.1) is 5.82 Å². The highest BCUT2D eigenvalue weighted by atomic mass is 35.5. The molecule has 1 aromatic heterocycles. The maximum atomic E-state index is 12.9. The lowest BCUT2D eigenvalue weighted by Gasteiger charge is -2.21. The normalized spacial score (nSPS) is 11.7. The van der Waals surface area contributed by atoms with Crippen LogP contribution in [0.1, 0.15) is 19.4 Å². The van der Waals surface area contributed by atoms with E-state index in [0.717, 1.165) is 0 Å². The van der Waals surface area contributed by atoms with Gasteiger partial charge in [0.15, 0.2) is 0 Å². The first-order valence-corrected chi connectivity index (χ1v) is 6.39. The Labute approximate surface area is 120 Å². The Bertz CT molecular complexity index is 606. The van der Waals surface area contributed by atoms with Gasteiger partial charge in [-0.1, -0.05) is 23.2 Å². The second-order valence-electron chi connectivity index (χ2n) is 4.72. The molecular weight excluding hydrogens is 288 g/mol. The van der Waals surface area contributed by atoms with Crippen LogP contribution < -0.4 is 0 Å². The fourth-order valence-electron chi connectivity index (χ4n) is 1.74. The van der Waals surface area contributed by atoms with Crippen molar-refractivity contribution in [2.24, 2.45) is 0 Å². The standard InChI is InChI=1S/C14H12Cl2FNO/c1-14(2,19)10-7-11(15)18-13(12(10)16)8-3-5-9(17)6-4-8/h3-7,19H,1-2H3. The van der Waals surface area contributed by atoms with Gasteiger partial charge in [-0.3, -0.25) is 0 Å².